The molecule has 1 atom stereocenters. The first kappa shape index (κ1) is 9.54. The van der Waals surface area contributed by atoms with Crippen LogP contribution in [0.2, 0.25) is 0 Å². The Kier molecular flexibility index (Phi) is 3.05. The number of hydrogen-bond donors (Lipinski definition) is 2. The van der Waals surface area contributed by atoms with E-state index in [1.165, 1.54) is 6.20 Å². The predicted molar refractivity (Wildman–Crippen MR) is 53.2 cm³/mol. The first-order valence-corrected chi connectivity index (χ1v) is 5.36. The number of rotatable bonds is 3. The van der Waals surface area contributed by atoms with Gasteiger partial charge in [0.25, 0.3) is 5.91 Å². The summed E-state index contributed by atoms with van der Waals surface area (Å²) in [6.07, 6.45) is 2.63. The lowest BCUT2D eigenvalue weighted by Crippen LogP contribution is -2.30. The zero-order chi connectivity index (χ0) is 9.80. The zero-order valence-electron chi connectivity index (χ0n) is 7.69. The van der Waals surface area contributed by atoms with Crippen LogP contribution in [0, 0.1) is 5.92 Å². The second-order valence-corrected chi connectivity index (χ2v) is 3.92. The lowest BCUT2D eigenvalue weighted by molar-refractivity contribution is 0.0944. The lowest BCUT2D eigenvalue weighted by Gasteiger charge is -2.08. The van der Waals surface area contributed by atoms with Crippen molar-refractivity contribution in [3.05, 3.63) is 11.9 Å². The maximum atomic E-state index is 11.4. The van der Waals surface area contributed by atoms with Crippen LogP contribution < -0.4 is 10.6 Å². The van der Waals surface area contributed by atoms with Crippen molar-refractivity contribution in [3.8, 4) is 0 Å². The van der Waals surface area contributed by atoms with E-state index in [1.807, 2.05) is 0 Å². The summed E-state index contributed by atoms with van der Waals surface area (Å²) in [5.74, 6) is 0.441. The molecule has 1 unspecified atom stereocenters. The van der Waals surface area contributed by atoms with Gasteiger partial charge in [0.1, 0.15) is 0 Å². The average Bonchev–Trinajstić information content (AvgIpc) is 2.87. The second kappa shape index (κ2) is 4.47. The van der Waals surface area contributed by atoms with Crippen molar-refractivity contribution < 1.29 is 4.79 Å². The molecule has 0 spiro atoms. The van der Waals surface area contributed by atoms with Gasteiger partial charge < -0.3 is 10.6 Å². The first-order valence-electron chi connectivity index (χ1n) is 4.63. The SMILES string of the molecule is O=C(NCC1CCNC1)c1cnsn1. The third-order valence-electron chi connectivity index (χ3n) is 2.31. The molecule has 0 aromatic carbocycles. The fourth-order valence-corrected chi connectivity index (χ4v) is 1.89. The first-order chi connectivity index (χ1) is 6.86. The van der Waals surface area contributed by atoms with E-state index < -0.39 is 0 Å². The Labute approximate surface area is 86.2 Å². The highest BCUT2D eigenvalue weighted by atomic mass is 32.1. The van der Waals surface area contributed by atoms with E-state index in [1.54, 1.807) is 0 Å². The van der Waals surface area contributed by atoms with Gasteiger partial charge in [-0.2, -0.15) is 8.75 Å². The molecule has 0 aliphatic carbocycles. The lowest BCUT2D eigenvalue weighted by atomic mass is 10.1. The highest BCUT2D eigenvalue weighted by molar-refractivity contribution is 6.99. The smallest absolute Gasteiger partial charge is 0.272 e. The summed E-state index contributed by atoms with van der Waals surface area (Å²) in [5.41, 5.74) is 0.418. The van der Waals surface area contributed by atoms with Crippen LogP contribution in [0.5, 0.6) is 0 Å². The van der Waals surface area contributed by atoms with E-state index in [9.17, 15) is 4.79 Å². The van der Waals surface area contributed by atoms with Crippen molar-refractivity contribution in [2.75, 3.05) is 19.6 Å². The Hall–Kier alpha value is -1.01. The topological polar surface area (TPSA) is 66.9 Å². The minimum Gasteiger partial charge on any atom is -0.350 e. The van der Waals surface area contributed by atoms with Crippen LogP contribution in [0.4, 0.5) is 0 Å². The van der Waals surface area contributed by atoms with E-state index in [2.05, 4.69) is 19.4 Å². The summed E-state index contributed by atoms with van der Waals surface area (Å²) in [7, 11) is 0. The van der Waals surface area contributed by atoms with Gasteiger partial charge in [0.15, 0.2) is 5.69 Å². The van der Waals surface area contributed by atoms with E-state index in [-0.39, 0.29) is 5.91 Å². The van der Waals surface area contributed by atoms with E-state index in [0.29, 0.717) is 11.6 Å². The van der Waals surface area contributed by atoms with Crippen LogP contribution in [-0.4, -0.2) is 34.3 Å². The molecule has 1 aromatic heterocycles. The molecule has 2 rings (SSSR count). The molecule has 1 aliphatic rings. The standard InChI is InChI=1S/C8H12N4OS/c13-8(7-5-11-14-12-7)10-4-6-1-2-9-3-6/h5-6,9H,1-4H2,(H,10,13). The van der Waals surface area contributed by atoms with Crippen molar-refractivity contribution in [2.45, 2.75) is 6.42 Å². The molecule has 1 aliphatic heterocycles. The van der Waals surface area contributed by atoms with Gasteiger partial charge in [0.05, 0.1) is 17.9 Å². The number of aromatic nitrogens is 2. The van der Waals surface area contributed by atoms with Crippen molar-refractivity contribution >= 4 is 17.6 Å². The molecule has 2 heterocycles. The highest BCUT2D eigenvalue weighted by Crippen LogP contribution is 2.05. The van der Waals surface area contributed by atoms with Crippen molar-refractivity contribution in [3.63, 3.8) is 0 Å². The molecule has 6 heteroatoms. The quantitative estimate of drug-likeness (QED) is 0.733. The van der Waals surface area contributed by atoms with Gasteiger partial charge in [-0.05, 0) is 25.4 Å². The molecule has 1 amide bonds. The van der Waals surface area contributed by atoms with Crippen molar-refractivity contribution in [1.82, 2.24) is 19.4 Å². The predicted octanol–water partition coefficient (Wildman–Crippen LogP) is -0.123. The number of nitrogens with zero attached hydrogens (tertiary/aromatic N) is 2. The number of hydrogen-bond acceptors (Lipinski definition) is 5. The molecule has 0 radical (unpaired) electrons. The molecular formula is C8H12N4OS. The summed E-state index contributed by atoms with van der Waals surface area (Å²) in [6.45, 7) is 2.78. The normalized spacial score (nSPS) is 21.0. The maximum Gasteiger partial charge on any atom is 0.272 e. The van der Waals surface area contributed by atoms with Crippen LogP contribution in [0.1, 0.15) is 16.9 Å². The van der Waals surface area contributed by atoms with E-state index in [4.69, 9.17) is 0 Å². The van der Waals surface area contributed by atoms with Gasteiger partial charge in [0, 0.05) is 6.54 Å². The van der Waals surface area contributed by atoms with Crippen LogP contribution in [0.15, 0.2) is 6.20 Å². The molecule has 76 valence electrons. The Morgan fingerprint density at radius 3 is 3.36 bits per heavy atom. The molecule has 5 nitrogen and oxygen atoms in total. The average molecular weight is 212 g/mol. The summed E-state index contributed by atoms with van der Waals surface area (Å²) in [5, 5.41) is 6.11. The molecular weight excluding hydrogens is 200 g/mol. The Balaban J connectivity index is 1.78. The molecule has 2 N–H and O–H groups in total. The van der Waals surface area contributed by atoms with Crippen LogP contribution in [0.25, 0.3) is 0 Å². The molecule has 14 heavy (non-hydrogen) atoms. The third-order valence-corrected chi connectivity index (χ3v) is 2.79. The Morgan fingerprint density at radius 1 is 1.79 bits per heavy atom. The minimum atomic E-state index is -0.120. The summed E-state index contributed by atoms with van der Waals surface area (Å²) in [6, 6.07) is 0. The van der Waals surface area contributed by atoms with E-state index in [0.717, 1.165) is 37.8 Å². The molecule has 0 saturated carbocycles. The maximum absolute atomic E-state index is 11.4. The molecule has 1 fully saturated rings. The summed E-state index contributed by atoms with van der Waals surface area (Å²) in [4.78, 5) is 11.4. The summed E-state index contributed by atoms with van der Waals surface area (Å²) >= 11 is 1.05. The third kappa shape index (κ3) is 2.27. The number of carbonyl (C=O) groups excluding carboxylic acids is 1. The molecule has 0 bridgehead atoms. The fraction of sp³-hybridized carbons (Fsp3) is 0.625. The monoisotopic (exact) mass is 212 g/mol. The van der Waals surface area contributed by atoms with Gasteiger partial charge in [-0.25, -0.2) is 0 Å². The molecule has 1 aromatic rings. The minimum absolute atomic E-state index is 0.120. The van der Waals surface area contributed by atoms with Crippen LogP contribution in [0.3, 0.4) is 0 Å². The van der Waals surface area contributed by atoms with Crippen molar-refractivity contribution in [1.29, 1.82) is 0 Å². The van der Waals surface area contributed by atoms with Gasteiger partial charge >= 0.3 is 0 Å². The Bertz CT molecular complexity index is 294. The zero-order valence-corrected chi connectivity index (χ0v) is 8.51. The van der Waals surface area contributed by atoms with Gasteiger partial charge in [-0.15, -0.1) is 0 Å². The fourth-order valence-electron chi connectivity index (χ4n) is 1.48. The number of amides is 1. The van der Waals surface area contributed by atoms with Crippen LogP contribution in [-0.2, 0) is 0 Å². The van der Waals surface area contributed by atoms with Gasteiger partial charge in [-0.1, -0.05) is 0 Å². The van der Waals surface area contributed by atoms with Crippen molar-refractivity contribution in [2.24, 2.45) is 5.92 Å². The number of carbonyl (C=O) groups is 1. The van der Waals surface area contributed by atoms with Crippen LogP contribution >= 0.6 is 11.7 Å². The van der Waals surface area contributed by atoms with Gasteiger partial charge in [0.2, 0.25) is 0 Å². The molecule has 1 saturated heterocycles. The van der Waals surface area contributed by atoms with Gasteiger partial charge in [-0.3, -0.25) is 4.79 Å². The highest BCUT2D eigenvalue weighted by Gasteiger charge is 2.16. The largest absolute Gasteiger partial charge is 0.350 e. The van der Waals surface area contributed by atoms with E-state index >= 15 is 0 Å². The second-order valence-electron chi connectivity index (χ2n) is 3.36. The Morgan fingerprint density at radius 2 is 2.71 bits per heavy atom. The number of nitrogens with one attached hydrogen (secondary N) is 2. The summed E-state index contributed by atoms with van der Waals surface area (Å²) < 4.78 is 7.64.